The quantitative estimate of drug-likeness (QED) is 0.258. The smallest absolute Gasteiger partial charge is 0.0967 e. The molecule has 0 radical (unpaired) electrons. The molecule has 0 N–H and O–H groups in total. The van der Waals surface area contributed by atoms with Crippen LogP contribution in [0.5, 0.6) is 0 Å². The molecule has 2 heterocycles. The molecule has 4 saturated carbocycles. The highest BCUT2D eigenvalue weighted by Gasteiger charge is 2.58. The summed E-state index contributed by atoms with van der Waals surface area (Å²) in [5.74, 6) is 3.19. The van der Waals surface area contributed by atoms with Crippen molar-refractivity contribution in [3.8, 4) is 11.1 Å². The van der Waals surface area contributed by atoms with Crippen molar-refractivity contribution in [1.82, 2.24) is 19.9 Å². The van der Waals surface area contributed by atoms with Gasteiger partial charge in [-0.25, -0.2) is 0 Å². The van der Waals surface area contributed by atoms with Crippen molar-refractivity contribution in [2.24, 2.45) is 23.7 Å². The molecule has 0 aliphatic heterocycles. The average molecular weight is 537 g/mol. The number of rotatable bonds is 6. The zero-order chi connectivity index (χ0) is 25.7. The van der Waals surface area contributed by atoms with E-state index in [0.29, 0.717) is 5.92 Å². The van der Waals surface area contributed by atoms with Crippen LogP contribution in [-0.4, -0.2) is 26.1 Å². The predicted molar refractivity (Wildman–Crippen MR) is 159 cm³/mol. The topological polar surface area (TPSA) is 51.6 Å². The normalized spacial score (nSPS) is 27.9. The van der Waals surface area contributed by atoms with Gasteiger partial charge in [0.15, 0.2) is 0 Å². The first-order chi connectivity index (χ1) is 18.6. The lowest BCUT2D eigenvalue weighted by Gasteiger charge is -2.62. The number of benzene rings is 2. The summed E-state index contributed by atoms with van der Waals surface area (Å²) in [6, 6.07) is 17.9. The summed E-state index contributed by atoms with van der Waals surface area (Å²) in [6.45, 7) is 0. The van der Waals surface area contributed by atoms with Gasteiger partial charge in [-0.3, -0.25) is 19.9 Å². The lowest BCUT2D eigenvalue weighted by Crippen LogP contribution is -2.56. The second kappa shape index (κ2) is 9.58. The molecule has 4 aromatic rings. The maximum Gasteiger partial charge on any atom is 0.0967 e. The summed E-state index contributed by atoms with van der Waals surface area (Å²) in [6.07, 6.45) is 18.8. The van der Waals surface area contributed by atoms with E-state index in [1.54, 1.807) is 24.8 Å². The molecule has 4 bridgehead atoms. The van der Waals surface area contributed by atoms with E-state index in [4.69, 9.17) is 9.97 Å². The van der Waals surface area contributed by atoms with Gasteiger partial charge in [-0.05, 0) is 95.7 Å². The summed E-state index contributed by atoms with van der Waals surface area (Å²) in [5.41, 5.74) is 7.13. The van der Waals surface area contributed by atoms with E-state index < -0.39 is 5.16 Å². The Balaban J connectivity index is 1.52. The van der Waals surface area contributed by atoms with Crippen molar-refractivity contribution in [2.45, 2.75) is 42.7 Å². The van der Waals surface area contributed by atoms with Gasteiger partial charge in [0.2, 0.25) is 0 Å². The summed E-state index contributed by atoms with van der Waals surface area (Å²) in [4.78, 5) is 18.8. The molecule has 2 aromatic carbocycles. The zero-order valence-corrected chi connectivity index (χ0v) is 23.9. The second-order valence-electron chi connectivity index (χ2n) is 11.7. The maximum absolute atomic E-state index is 4.88. The molecule has 2 aromatic heterocycles. The van der Waals surface area contributed by atoms with E-state index >= 15 is 0 Å². The van der Waals surface area contributed by atoms with E-state index in [1.165, 1.54) is 54.4 Å². The Labute approximate surface area is 230 Å². The molecule has 0 spiro atoms. The maximum atomic E-state index is 4.88. The number of aromatic nitrogens is 4. The average Bonchev–Trinajstić information content (AvgIpc) is 2.97. The van der Waals surface area contributed by atoms with Gasteiger partial charge in [-0.1, -0.05) is 42.5 Å². The first kappa shape index (κ1) is 24.5. The molecule has 38 heavy (non-hydrogen) atoms. The van der Waals surface area contributed by atoms with E-state index in [2.05, 4.69) is 77.0 Å². The lowest BCUT2D eigenvalue weighted by atomic mass is 9.43. The fraction of sp³-hybridized carbons (Fsp3) is 0.375. The number of hydrogen-bond donors (Lipinski definition) is 0. The van der Waals surface area contributed by atoms with Crippen LogP contribution in [0.2, 0.25) is 0 Å². The van der Waals surface area contributed by atoms with Crippen molar-refractivity contribution >= 4 is 18.5 Å². The molecular formula is C32H34N4P2. The van der Waals surface area contributed by atoms with Crippen LogP contribution in [0.1, 0.15) is 54.6 Å². The minimum absolute atomic E-state index is 0.174. The largest absolute Gasteiger partial charge is 0.261 e. The fourth-order valence-corrected chi connectivity index (χ4v) is 9.88. The first-order valence-corrected chi connectivity index (χ1v) is 15.2. The molecule has 4 aliphatic carbocycles. The fourth-order valence-electron chi connectivity index (χ4n) is 8.51. The minimum atomic E-state index is -0.669. The van der Waals surface area contributed by atoms with Crippen molar-refractivity contribution in [3.63, 3.8) is 0 Å². The molecule has 8 rings (SSSR count). The van der Waals surface area contributed by atoms with Crippen LogP contribution in [0.3, 0.4) is 0 Å². The molecule has 0 saturated heterocycles. The van der Waals surface area contributed by atoms with Crippen molar-refractivity contribution < 1.29 is 0 Å². The Bertz CT molecular complexity index is 1380. The van der Waals surface area contributed by atoms with Gasteiger partial charge in [0.1, 0.15) is 0 Å². The second-order valence-corrected chi connectivity index (χ2v) is 13.1. The van der Waals surface area contributed by atoms with E-state index in [9.17, 15) is 0 Å². The highest BCUT2D eigenvalue weighted by Crippen LogP contribution is 2.65. The van der Waals surface area contributed by atoms with E-state index in [1.807, 2.05) is 12.4 Å². The van der Waals surface area contributed by atoms with Gasteiger partial charge in [-0.2, -0.15) is 0 Å². The third-order valence-electron chi connectivity index (χ3n) is 9.80. The molecule has 5 unspecified atom stereocenters. The predicted octanol–water partition coefficient (Wildman–Crippen LogP) is 6.67. The molecule has 4 aliphatic rings. The van der Waals surface area contributed by atoms with Crippen molar-refractivity contribution in [1.29, 1.82) is 0 Å². The highest BCUT2D eigenvalue weighted by atomic mass is 31.0. The Hall–Kier alpha value is -2.54. The Morgan fingerprint density at radius 1 is 0.789 bits per heavy atom. The third-order valence-corrected chi connectivity index (χ3v) is 11.2. The van der Waals surface area contributed by atoms with E-state index in [-0.39, 0.29) is 5.41 Å². The minimum Gasteiger partial charge on any atom is -0.261 e. The van der Waals surface area contributed by atoms with Crippen molar-refractivity contribution in [3.05, 3.63) is 108 Å². The van der Waals surface area contributed by atoms with Crippen LogP contribution in [0.15, 0.2) is 85.7 Å². The van der Waals surface area contributed by atoms with Crippen LogP contribution in [0, 0.1) is 23.7 Å². The van der Waals surface area contributed by atoms with E-state index in [0.717, 1.165) is 35.3 Å². The molecule has 0 amide bonds. The van der Waals surface area contributed by atoms with Gasteiger partial charge < -0.3 is 0 Å². The van der Waals surface area contributed by atoms with Gasteiger partial charge in [0.25, 0.3) is 0 Å². The SMILES string of the molecule is PCC1C2CC3CC(C2)CC1(c1ccc(-c2ccccc2)cc1C(P)(c1cnccn1)c1cnccn1)C3. The number of nitrogens with zero attached hydrogens (tertiary/aromatic N) is 4. The molecule has 192 valence electrons. The molecular weight excluding hydrogens is 502 g/mol. The van der Waals surface area contributed by atoms with Gasteiger partial charge in [0, 0.05) is 24.8 Å². The molecule has 6 heteroatoms. The van der Waals surface area contributed by atoms with Crippen molar-refractivity contribution in [2.75, 3.05) is 6.16 Å². The van der Waals surface area contributed by atoms with Crippen LogP contribution in [0.4, 0.5) is 0 Å². The summed E-state index contributed by atoms with van der Waals surface area (Å²) in [7, 11) is 6.29. The molecule has 4 nitrogen and oxygen atoms in total. The Morgan fingerprint density at radius 2 is 1.45 bits per heavy atom. The van der Waals surface area contributed by atoms with Crippen LogP contribution in [0.25, 0.3) is 11.1 Å². The third kappa shape index (κ3) is 3.79. The van der Waals surface area contributed by atoms with Gasteiger partial charge in [-0.15, -0.1) is 18.5 Å². The summed E-state index contributed by atoms with van der Waals surface area (Å²) >= 11 is 0. The number of hydrogen-bond acceptors (Lipinski definition) is 4. The first-order valence-electron chi connectivity index (χ1n) is 13.8. The standard InChI is InChI=1S/C32H34N4P2/c37-20-28-25-13-21-12-22(14-25)17-31(28,16-21)26-7-6-24(23-4-2-1-3-5-23)15-27(26)32(38,29-18-33-8-10-35-29)30-19-34-9-11-36-30/h1-11,15,18-19,21-22,25,28H,12-14,16-17,20,37-38H2. The molecule has 5 atom stereocenters. The van der Waals surface area contributed by atoms with Crippen LogP contribution >= 0.6 is 18.5 Å². The highest BCUT2D eigenvalue weighted by molar-refractivity contribution is 7.19. The van der Waals surface area contributed by atoms with Gasteiger partial charge >= 0.3 is 0 Å². The van der Waals surface area contributed by atoms with Crippen LogP contribution < -0.4 is 0 Å². The Kier molecular flexibility index (Phi) is 6.18. The Morgan fingerprint density at radius 3 is 2.03 bits per heavy atom. The van der Waals surface area contributed by atoms with Crippen LogP contribution in [-0.2, 0) is 10.6 Å². The zero-order valence-electron chi connectivity index (χ0n) is 21.6. The lowest BCUT2D eigenvalue weighted by molar-refractivity contribution is -0.0522. The monoisotopic (exact) mass is 536 g/mol. The van der Waals surface area contributed by atoms with Gasteiger partial charge in [0.05, 0.1) is 28.9 Å². The summed E-state index contributed by atoms with van der Waals surface area (Å²) < 4.78 is 0. The molecule has 4 fully saturated rings. The summed E-state index contributed by atoms with van der Waals surface area (Å²) in [5, 5.41) is -0.669.